The van der Waals surface area contributed by atoms with Crippen molar-refractivity contribution in [2.75, 3.05) is 35.9 Å². The molecule has 4 rings (SSSR count). The zero-order chi connectivity index (χ0) is 32.7. The molecule has 0 unspecified atom stereocenters. The number of primary amides is 1. The molecule has 1 aliphatic rings. The number of ether oxygens (including phenoxy) is 1. The van der Waals surface area contributed by atoms with Crippen LogP contribution in [0.5, 0.6) is 11.5 Å². The Kier molecular flexibility index (Phi) is 13.0. The number of anilines is 2. The fraction of sp³-hybridized carbons (Fsp3) is 0.355. The summed E-state index contributed by atoms with van der Waals surface area (Å²) in [6.45, 7) is 4.66. The Morgan fingerprint density at radius 3 is 2.26 bits per heavy atom. The van der Waals surface area contributed by atoms with Gasteiger partial charge in [-0.3, -0.25) is 14.4 Å². The smallest absolute Gasteiger partial charge is 0.322 e. The van der Waals surface area contributed by atoms with Crippen molar-refractivity contribution in [3.63, 3.8) is 0 Å². The van der Waals surface area contributed by atoms with Gasteiger partial charge in [-0.05, 0) is 55.2 Å². The van der Waals surface area contributed by atoms with E-state index in [4.69, 9.17) is 22.1 Å². The van der Waals surface area contributed by atoms with Gasteiger partial charge in [-0.25, -0.2) is 22.0 Å². The highest BCUT2D eigenvalue weighted by Crippen LogP contribution is 2.31. The van der Waals surface area contributed by atoms with E-state index >= 15 is 0 Å². The summed E-state index contributed by atoms with van der Waals surface area (Å²) in [5.41, 5.74) is 5.72. The number of amides is 3. The predicted octanol–water partition coefficient (Wildman–Crippen LogP) is 6.60. The van der Waals surface area contributed by atoms with Crippen LogP contribution in [0.3, 0.4) is 0 Å². The van der Waals surface area contributed by atoms with E-state index in [0.29, 0.717) is 43.5 Å². The molecule has 3 aromatic rings. The van der Waals surface area contributed by atoms with Crippen molar-refractivity contribution >= 4 is 57.3 Å². The highest BCUT2D eigenvalue weighted by Gasteiger charge is 2.28. The number of unbranched alkanes of at least 4 members (excludes halogenated alkanes) is 1. The van der Waals surface area contributed by atoms with Gasteiger partial charge in [0.15, 0.2) is 0 Å². The van der Waals surface area contributed by atoms with Gasteiger partial charge in [0.2, 0.25) is 10.0 Å². The SMILES string of the molecule is CCCCN(C(=O)Nc1cc(C(N)=O)c(F)cc1F)C1CCN(Cc2ccc(Oc3ccc(NS(C)(=O)=O)c(Cl)c3)cc2)CC1.Cl. The summed E-state index contributed by atoms with van der Waals surface area (Å²) >= 11 is 6.19. The number of nitrogens with zero attached hydrogens (tertiary/aromatic N) is 2. The molecular formula is C31H37Cl2F2N5O5S. The third-order valence-electron chi connectivity index (χ3n) is 7.38. The van der Waals surface area contributed by atoms with Gasteiger partial charge in [0.1, 0.15) is 23.1 Å². The van der Waals surface area contributed by atoms with E-state index in [1.165, 1.54) is 12.1 Å². The van der Waals surface area contributed by atoms with Gasteiger partial charge in [0.25, 0.3) is 5.91 Å². The van der Waals surface area contributed by atoms with Crippen molar-refractivity contribution in [1.82, 2.24) is 9.80 Å². The number of sulfonamides is 1. The number of hydrogen-bond donors (Lipinski definition) is 3. The van der Waals surface area contributed by atoms with Crippen LogP contribution in [-0.2, 0) is 16.6 Å². The molecular weight excluding hydrogens is 663 g/mol. The lowest BCUT2D eigenvalue weighted by Gasteiger charge is -2.38. The molecule has 1 fully saturated rings. The predicted molar refractivity (Wildman–Crippen MR) is 177 cm³/mol. The minimum atomic E-state index is -3.46. The molecule has 3 amide bonds. The Hall–Kier alpha value is -3.65. The summed E-state index contributed by atoms with van der Waals surface area (Å²) in [6, 6.07) is 13.2. The third kappa shape index (κ3) is 10.2. The first-order valence-electron chi connectivity index (χ1n) is 14.5. The van der Waals surface area contributed by atoms with E-state index in [-0.39, 0.29) is 34.8 Å². The molecule has 1 aliphatic heterocycles. The molecule has 250 valence electrons. The largest absolute Gasteiger partial charge is 0.457 e. The number of piperidine rings is 1. The van der Waals surface area contributed by atoms with Gasteiger partial charge in [-0.15, -0.1) is 12.4 Å². The number of nitrogens with two attached hydrogens (primary N) is 1. The van der Waals surface area contributed by atoms with Gasteiger partial charge >= 0.3 is 6.03 Å². The molecule has 0 radical (unpaired) electrons. The number of halogens is 4. The van der Waals surface area contributed by atoms with Crippen LogP contribution in [-0.4, -0.2) is 62.1 Å². The number of benzene rings is 3. The third-order valence-corrected chi connectivity index (χ3v) is 8.28. The van der Waals surface area contributed by atoms with Crippen LogP contribution >= 0.6 is 24.0 Å². The number of likely N-dealkylation sites (tertiary alicyclic amines) is 1. The Morgan fingerprint density at radius 1 is 1.02 bits per heavy atom. The summed E-state index contributed by atoms with van der Waals surface area (Å²) in [7, 11) is -3.46. The standard InChI is InChI=1S/C31H36ClF2N5O5S.ClH/c1-3-4-13-39(31(41)36-29-17-24(30(35)40)26(33)18-27(29)34)21-11-14-38(15-12-21)19-20-5-7-22(8-6-20)44-23-9-10-28(25(32)16-23)37-45(2,42)43;/h5-10,16-18,21,37H,3-4,11-15,19H2,1-2H3,(H2,35,40)(H,36,41);1H. The summed E-state index contributed by atoms with van der Waals surface area (Å²) in [6.07, 6.45) is 4.08. The van der Waals surface area contributed by atoms with Crippen molar-refractivity contribution in [2.45, 2.75) is 45.2 Å². The summed E-state index contributed by atoms with van der Waals surface area (Å²) < 4.78 is 59.5. The fourth-order valence-corrected chi connectivity index (χ4v) is 5.94. The molecule has 1 saturated heterocycles. The quantitative estimate of drug-likeness (QED) is 0.195. The van der Waals surface area contributed by atoms with Crippen LogP contribution in [0, 0.1) is 11.6 Å². The first-order chi connectivity index (χ1) is 21.3. The van der Waals surface area contributed by atoms with Crippen LogP contribution in [0.15, 0.2) is 54.6 Å². The molecule has 15 heteroatoms. The minimum Gasteiger partial charge on any atom is -0.457 e. The fourth-order valence-electron chi connectivity index (χ4n) is 5.09. The lowest BCUT2D eigenvalue weighted by molar-refractivity contribution is 0.0996. The molecule has 1 heterocycles. The van der Waals surface area contributed by atoms with Crippen molar-refractivity contribution in [1.29, 1.82) is 0 Å². The Balaban J connectivity index is 0.00000576. The van der Waals surface area contributed by atoms with Gasteiger partial charge in [-0.1, -0.05) is 37.1 Å². The first-order valence-corrected chi connectivity index (χ1v) is 16.7. The summed E-state index contributed by atoms with van der Waals surface area (Å²) in [5, 5.41) is 2.72. The maximum absolute atomic E-state index is 14.4. The Morgan fingerprint density at radius 2 is 1.67 bits per heavy atom. The van der Waals surface area contributed by atoms with E-state index in [1.54, 1.807) is 11.0 Å². The number of hydrogen-bond acceptors (Lipinski definition) is 6. The molecule has 4 N–H and O–H groups in total. The van der Waals surface area contributed by atoms with Crippen LogP contribution in [0.1, 0.15) is 48.5 Å². The van der Waals surface area contributed by atoms with Crippen molar-refractivity contribution in [2.24, 2.45) is 5.73 Å². The Bertz CT molecular complexity index is 1640. The monoisotopic (exact) mass is 699 g/mol. The topological polar surface area (TPSA) is 134 Å². The highest BCUT2D eigenvalue weighted by atomic mass is 35.5. The lowest BCUT2D eigenvalue weighted by Crippen LogP contribution is -2.49. The van der Waals surface area contributed by atoms with Gasteiger partial charge < -0.3 is 20.7 Å². The van der Waals surface area contributed by atoms with Crippen LogP contribution in [0.25, 0.3) is 0 Å². The van der Waals surface area contributed by atoms with Crippen molar-refractivity contribution < 1.29 is 31.5 Å². The highest BCUT2D eigenvalue weighted by molar-refractivity contribution is 7.92. The summed E-state index contributed by atoms with van der Waals surface area (Å²) in [5.74, 6) is -2.08. The van der Waals surface area contributed by atoms with E-state index in [0.717, 1.165) is 43.8 Å². The maximum atomic E-state index is 14.4. The van der Waals surface area contributed by atoms with Crippen LogP contribution in [0.2, 0.25) is 5.02 Å². The van der Waals surface area contributed by atoms with Crippen molar-refractivity contribution in [3.8, 4) is 11.5 Å². The number of nitrogens with one attached hydrogen (secondary N) is 2. The van der Waals surface area contributed by atoms with Crippen LogP contribution < -0.4 is 20.5 Å². The average molecular weight is 701 g/mol. The van der Waals surface area contributed by atoms with Gasteiger partial charge in [-0.2, -0.15) is 0 Å². The molecule has 10 nitrogen and oxygen atoms in total. The van der Waals surface area contributed by atoms with Gasteiger partial charge in [0.05, 0.1) is 28.2 Å². The molecule has 0 aromatic heterocycles. The number of carbonyl (C=O) groups excluding carboxylic acids is 2. The summed E-state index contributed by atoms with van der Waals surface area (Å²) in [4.78, 5) is 28.7. The lowest BCUT2D eigenvalue weighted by atomic mass is 10.0. The zero-order valence-electron chi connectivity index (χ0n) is 25.4. The van der Waals surface area contributed by atoms with E-state index in [1.807, 2.05) is 31.2 Å². The molecule has 0 aliphatic carbocycles. The minimum absolute atomic E-state index is 0. The maximum Gasteiger partial charge on any atom is 0.322 e. The normalized spacial score (nSPS) is 13.8. The molecule has 46 heavy (non-hydrogen) atoms. The second-order valence-electron chi connectivity index (χ2n) is 10.9. The number of rotatable bonds is 12. The molecule has 0 spiro atoms. The first kappa shape index (κ1) is 36.8. The molecule has 3 aromatic carbocycles. The second kappa shape index (κ2) is 16.3. The van der Waals surface area contributed by atoms with Crippen LogP contribution in [0.4, 0.5) is 25.0 Å². The van der Waals surface area contributed by atoms with Crippen molar-refractivity contribution in [3.05, 3.63) is 82.4 Å². The van der Waals surface area contributed by atoms with Gasteiger partial charge in [0, 0.05) is 44.4 Å². The van der Waals surface area contributed by atoms with E-state index in [2.05, 4.69) is 14.9 Å². The molecule has 0 bridgehead atoms. The van der Waals surface area contributed by atoms with E-state index < -0.39 is 39.2 Å². The van der Waals surface area contributed by atoms with E-state index in [9.17, 15) is 26.8 Å². The second-order valence-corrected chi connectivity index (χ2v) is 13.1. The Labute approximate surface area is 278 Å². The number of urea groups is 1. The zero-order valence-corrected chi connectivity index (χ0v) is 27.8. The number of carbonyl (C=O) groups is 2. The molecule has 0 saturated carbocycles. The molecule has 0 atom stereocenters. The average Bonchev–Trinajstić information content (AvgIpc) is 2.97.